The lowest BCUT2D eigenvalue weighted by atomic mass is 10.0. The van der Waals surface area contributed by atoms with E-state index in [4.69, 9.17) is 4.74 Å². The van der Waals surface area contributed by atoms with Crippen LogP contribution in [0.25, 0.3) is 11.1 Å². The first-order valence-electron chi connectivity index (χ1n) is 9.37. The van der Waals surface area contributed by atoms with Gasteiger partial charge in [-0.25, -0.2) is 0 Å². The molecule has 0 unspecified atom stereocenters. The molecule has 0 aromatic heterocycles. The summed E-state index contributed by atoms with van der Waals surface area (Å²) < 4.78 is 5.89. The quantitative estimate of drug-likeness (QED) is 0.408. The molecule has 29 heavy (non-hydrogen) atoms. The molecule has 4 rings (SSSR count). The molecule has 142 valence electrons. The first kappa shape index (κ1) is 18.5. The number of benzene rings is 4. The van der Waals surface area contributed by atoms with Gasteiger partial charge in [-0.1, -0.05) is 54.1 Å². The molecule has 0 heterocycles. The molecule has 3 nitrogen and oxygen atoms in total. The first-order valence-corrected chi connectivity index (χ1v) is 9.37. The van der Waals surface area contributed by atoms with Crippen molar-refractivity contribution in [2.24, 2.45) is 0 Å². The molecule has 0 saturated heterocycles. The Morgan fingerprint density at radius 3 is 1.55 bits per heavy atom. The van der Waals surface area contributed by atoms with Crippen LogP contribution in [-0.2, 0) is 0 Å². The highest BCUT2D eigenvalue weighted by molar-refractivity contribution is 6.09. The number of aromatic hydroxyl groups is 1. The lowest BCUT2D eigenvalue weighted by Crippen LogP contribution is -2.00. The van der Waals surface area contributed by atoms with E-state index in [1.165, 1.54) is 0 Å². The Kier molecular flexibility index (Phi) is 5.12. The summed E-state index contributed by atoms with van der Waals surface area (Å²) in [6.45, 7) is 2.00. The van der Waals surface area contributed by atoms with Crippen molar-refractivity contribution >= 4 is 5.78 Å². The molecule has 0 aliphatic carbocycles. The maximum Gasteiger partial charge on any atom is 0.193 e. The van der Waals surface area contributed by atoms with Crippen molar-refractivity contribution in [3.8, 4) is 28.4 Å². The Morgan fingerprint density at radius 2 is 1.03 bits per heavy atom. The van der Waals surface area contributed by atoms with E-state index in [1.54, 1.807) is 36.4 Å². The summed E-state index contributed by atoms with van der Waals surface area (Å²) in [5.41, 5.74) is 4.49. The van der Waals surface area contributed by atoms with E-state index in [9.17, 15) is 9.90 Å². The molecule has 0 bridgehead atoms. The molecule has 4 aromatic carbocycles. The van der Waals surface area contributed by atoms with Crippen LogP contribution < -0.4 is 4.74 Å². The average molecular weight is 380 g/mol. The molecular formula is C26H20O3. The van der Waals surface area contributed by atoms with Gasteiger partial charge in [0.1, 0.15) is 17.2 Å². The molecule has 0 amide bonds. The van der Waals surface area contributed by atoms with Gasteiger partial charge in [0, 0.05) is 11.1 Å². The number of ether oxygens (including phenoxy) is 1. The predicted octanol–water partition coefficient (Wildman–Crippen LogP) is 6.39. The first-order chi connectivity index (χ1) is 14.1. The van der Waals surface area contributed by atoms with Crippen molar-refractivity contribution in [3.63, 3.8) is 0 Å². The number of hydrogen-bond donors (Lipinski definition) is 1. The van der Waals surface area contributed by atoms with Gasteiger partial charge < -0.3 is 9.84 Å². The Morgan fingerprint density at radius 1 is 0.621 bits per heavy atom. The zero-order valence-corrected chi connectivity index (χ0v) is 16.0. The van der Waals surface area contributed by atoms with Gasteiger partial charge in [0.05, 0.1) is 0 Å². The van der Waals surface area contributed by atoms with E-state index < -0.39 is 0 Å². The maximum atomic E-state index is 12.6. The highest BCUT2D eigenvalue weighted by Gasteiger charge is 2.09. The summed E-state index contributed by atoms with van der Waals surface area (Å²) in [7, 11) is 0. The molecule has 1 N–H and O–H groups in total. The molecule has 3 heteroatoms. The van der Waals surface area contributed by atoms with Crippen LogP contribution in [0.3, 0.4) is 0 Å². The summed E-state index contributed by atoms with van der Waals surface area (Å²) >= 11 is 0. The normalized spacial score (nSPS) is 10.5. The fourth-order valence-electron chi connectivity index (χ4n) is 3.05. The standard InChI is InChI=1S/C26H20O3/c1-18-2-4-21(5-3-18)26(28)22-10-16-25(17-11-22)29-24-14-8-20(9-15-24)19-6-12-23(27)13-7-19/h2-17,27H,1H3. The predicted molar refractivity (Wildman–Crippen MR) is 115 cm³/mol. The van der Waals surface area contributed by atoms with E-state index in [-0.39, 0.29) is 11.5 Å². The molecule has 0 radical (unpaired) electrons. The van der Waals surface area contributed by atoms with Crippen LogP contribution in [0.5, 0.6) is 17.2 Å². The number of rotatable bonds is 5. The second kappa shape index (κ2) is 8.03. The molecule has 4 aromatic rings. The van der Waals surface area contributed by atoms with Gasteiger partial charge in [0.15, 0.2) is 5.78 Å². The molecule has 0 atom stereocenters. The van der Waals surface area contributed by atoms with Gasteiger partial charge >= 0.3 is 0 Å². The minimum Gasteiger partial charge on any atom is -0.508 e. The monoisotopic (exact) mass is 380 g/mol. The van der Waals surface area contributed by atoms with Crippen LogP contribution in [-0.4, -0.2) is 10.9 Å². The maximum absolute atomic E-state index is 12.6. The summed E-state index contributed by atoms with van der Waals surface area (Å²) in [4.78, 5) is 12.6. The summed E-state index contributed by atoms with van der Waals surface area (Å²) in [6, 6.07) is 29.5. The highest BCUT2D eigenvalue weighted by Crippen LogP contribution is 2.27. The van der Waals surface area contributed by atoms with Crippen LogP contribution in [0.4, 0.5) is 0 Å². The molecule has 0 aliphatic heterocycles. The summed E-state index contributed by atoms with van der Waals surface area (Å²) in [5.74, 6) is 1.63. The van der Waals surface area contributed by atoms with Crippen molar-refractivity contribution in [1.29, 1.82) is 0 Å². The van der Waals surface area contributed by atoms with Gasteiger partial charge in [-0.3, -0.25) is 4.79 Å². The molecule has 0 saturated carbocycles. The minimum absolute atomic E-state index is 0.00481. The van der Waals surface area contributed by atoms with Gasteiger partial charge in [-0.05, 0) is 66.6 Å². The van der Waals surface area contributed by atoms with E-state index in [0.717, 1.165) is 16.7 Å². The number of phenols is 1. The number of carbonyl (C=O) groups excluding carboxylic acids is 1. The SMILES string of the molecule is Cc1ccc(C(=O)c2ccc(Oc3ccc(-c4ccc(O)cc4)cc3)cc2)cc1. The van der Waals surface area contributed by atoms with Gasteiger partial charge in [0.25, 0.3) is 0 Å². The van der Waals surface area contributed by atoms with Crippen LogP contribution >= 0.6 is 0 Å². The third kappa shape index (κ3) is 4.36. The number of carbonyl (C=O) groups is 1. The smallest absolute Gasteiger partial charge is 0.193 e. The third-order valence-corrected chi connectivity index (χ3v) is 4.72. The fraction of sp³-hybridized carbons (Fsp3) is 0.0385. The fourth-order valence-corrected chi connectivity index (χ4v) is 3.05. The number of aryl methyl sites for hydroxylation is 1. The number of hydrogen-bond acceptors (Lipinski definition) is 3. The van der Waals surface area contributed by atoms with Crippen molar-refractivity contribution < 1.29 is 14.6 Å². The number of phenolic OH excluding ortho intramolecular Hbond substituents is 1. The molecule has 0 spiro atoms. The second-order valence-corrected chi connectivity index (χ2v) is 6.89. The topological polar surface area (TPSA) is 46.5 Å². The zero-order valence-electron chi connectivity index (χ0n) is 16.0. The third-order valence-electron chi connectivity index (χ3n) is 4.72. The highest BCUT2D eigenvalue weighted by atomic mass is 16.5. The lowest BCUT2D eigenvalue weighted by molar-refractivity contribution is 0.103. The van der Waals surface area contributed by atoms with E-state index in [0.29, 0.717) is 22.6 Å². The Bertz CT molecular complexity index is 1110. The second-order valence-electron chi connectivity index (χ2n) is 6.89. The van der Waals surface area contributed by atoms with E-state index >= 15 is 0 Å². The van der Waals surface area contributed by atoms with Crippen LogP contribution in [0.2, 0.25) is 0 Å². The van der Waals surface area contributed by atoms with Gasteiger partial charge in [-0.2, -0.15) is 0 Å². The van der Waals surface area contributed by atoms with Crippen molar-refractivity contribution in [2.75, 3.05) is 0 Å². The summed E-state index contributed by atoms with van der Waals surface area (Å²) in [6.07, 6.45) is 0. The van der Waals surface area contributed by atoms with Gasteiger partial charge in [0.2, 0.25) is 0 Å². The zero-order chi connectivity index (χ0) is 20.2. The number of ketones is 1. The molecule has 0 aliphatic rings. The Hall–Kier alpha value is -3.85. The van der Waals surface area contributed by atoms with Crippen LogP contribution in [0.15, 0.2) is 97.1 Å². The largest absolute Gasteiger partial charge is 0.508 e. The van der Waals surface area contributed by atoms with E-state index in [2.05, 4.69) is 0 Å². The summed E-state index contributed by atoms with van der Waals surface area (Å²) in [5, 5.41) is 9.40. The minimum atomic E-state index is -0.00481. The average Bonchev–Trinajstić information content (AvgIpc) is 2.76. The Balaban J connectivity index is 1.45. The van der Waals surface area contributed by atoms with Crippen molar-refractivity contribution in [2.45, 2.75) is 6.92 Å². The van der Waals surface area contributed by atoms with Crippen LogP contribution in [0, 0.1) is 6.92 Å². The Labute approximate surface area is 169 Å². The molecule has 0 fully saturated rings. The van der Waals surface area contributed by atoms with Crippen LogP contribution in [0.1, 0.15) is 21.5 Å². The van der Waals surface area contributed by atoms with E-state index in [1.807, 2.05) is 67.6 Å². The van der Waals surface area contributed by atoms with Crippen molar-refractivity contribution in [3.05, 3.63) is 114 Å². The van der Waals surface area contributed by atoms with Crippen molar-refractivity contribution in [1.82, 2.24) is 0 Å². The lowest BCUT2D eigenvalue weighted by Gasteiger charge is -2.08. The molecular weight excluding hydrogens is 360 g/mol. The van der Waals surface area contributed by atoms with Gasteiger partial charge in [-0.15, -0.1) is 0 Å².